The van der Waals surface area contributed by atoms with Gasteiger partial charge in [-0.3, -0.25) is 4.79 Å². The highest BCUT2D eigenvalue weighted by Crippen LogP contribution is 2.39. The van der Waals surface area contributed by atoms with E-state index in [1.807, 2.05) is 20.8 Å². The molecule has 0 aliphatic heterocycles. The number of hydrogen-bond acceptors (Lipinski definition) is 5. The van der Waals surface area contributed by atoms with Gasteiger partial charge in [0.25, 0.3) is 5.91 Å². The van der Waals surface area contributed by atoms with Gasteiger partial charge in [0.1, 0.15) is 5.82 Å². The Hall–Kier alpha value is -3.09. The van der Waals surface area contributed by atoms with Crippen molar-refractivity contribution in [2.45, 2.75) is 27.7 Å². The topological polar surface area (TPSA) is 69.2 Å². The fourth-order valence-electron chi connectivity index (χ4n) is 2.53. The lowest BCUT2D eigenvalue weighted by Gasteiger charge is -2.16. The second kappa shape index (κ2) is 10.3. The Bertz CT molecular complexity index is 825. The number of benzene rings is 2. The van der Waals surface area contributed by atoms with Gasteiger partial charge in [0.15, 0.2) is 11.5 Å². The van der Waals surface area contributed by atoms with Crippen LogP contribution in [0.4, 0.5) is 4.39 Å². The van der Waals surface area contributed by atoms with Crippen LogP contribution in [-0.4, -0.2) is 31.4 Å². The second-order valence-corrected chi connectivity index (χ2v) is 5.72. The van der Waals surface area contributed by atoms with Gasteiger partial charge in [-0.25, -0.2) is 9.82 Å². The molecule has 0 fully saturated rings. The first-order valence-electron chi connectivity index (χ1n) is 9.17. The van der Waals surface area contributed by atoms with Crippen molar-refractivity contribution in [1.82, 2.24) is 5.43 Å². The Morgan fingerprint density at radius 2 is 1.57 bits per heavy atom. The summed E-state index contributed by atoms with van der Waals surface area (Å²) in [5, 5.41) is 4.01. The van der Waals surface area contributed by atoms with Crippen LogP contribution in [0.25, 0.3) is 0 Å². The first-order valence-corrected chi connectivity index (χ1v) is 9.17. The molecule has 28 heavy (non-hydrogen) atoms. The summed E-state index contributed by atoms with van der Waals surface area (Å²) in [5.41, 5.74) is 3.41. The number of amides is 1. The average molecular weight is 388 g/mol. The summed E-state index contributed by atoms with van der Waals surface area (Å²) in [6, 6.07) is 9.37. The highest BCUT2D eigenvalue weighted by atomic mass is 19.1. The molecule has 2 aromatic rings. The number of hydrazone groups is 1. The molecule has 6 nitrogen and oxygen atoms in total. The van der Waals surface area contributed by atoms with E-state index in [2.05, 4.69) is 10.5 Å². The maximum absolute atomic E-state index is 13.8. The predicted octanol–water partition coefficient (Wildman–Crippen LogP) is 4.18. The molecule has 0 saturated carbocycles. The molecule has 2 rings (SSSR count). The van der Waals surface area contributed by atoms with E-state index < -0.39 is 11.7 Å². The predicted molar refractivity (Wildman–Crippen MR) is 106 cm³/mol. The molecule has 0 atom stereocenters. The van der Waals surface area contributed by atoms with Gasteiger partial charge in [0, 0.05) is 11.1 Å². The third-order valence-corrected chi connectivity index (χ3v) is 3.76. The van der Waals surface area contributed by atoms with Crippen molar-refractivity contribution in [2.24, 2.45) is 5.10 Å². The molecular weight excluding hydrogens is 363 g/mol. The second-order valence-electron chi connectivity index (χ2n) is 5.72. The number of ether oxygens (including phenoxy) is 3. The molecule has 0 spiro atoms. The Labute approximate surface area is 164 Å². The standard InChI is InChI=1S/C21H25FN2O4/c1-5-26-18-12-15(13-19(27-6-2)20(18)28-7-3)21(25)24-23-14(4)16-10-8-9-11-17(16)22/h8-13H,5-7H2,1-4H3,(H,24,25)/b23-14+. The lowest BCUT2D eigenvalue weighted by Crippen LogP contribution is -2.20. The van der Waals surface area contributed by atoms with Crippen molar-refractivity contribution in [3.63, 3.8) is 0 Å². The van der Waals surface area contributed by atoms with E-state index in [1.165, 1.54) is 6.07 Å². The van der Waals surface area contributed by atoms with Gasteiger partial charge >= 0.3 is 0 Å². The van der Waals surface area contributed by atoms with E-state index in [4.69, 9.17) is 14.2 Å². The van der Waals surface area contributed by atoms with Crippen LogP contribution in [0.15, 0.2) is 41.5 Å². The van der Waals surface area contributed by atoms with Crippen molar-refractivity contribution in [3.8, 4) is 17.2 Å². The Kier molecular flexibility index (Phi) is 7.80. The van der Waals surface area contributed by atoms with Crippen molar-refractivity contribution in [3.05, 3.63) is 53.3 Å². The molecule has 0 radical (unpaired) electrons. The minimum Gasteiger partial charge on any atom is -0.490 e. The fourth-order valence-corrected chi connectivity index (χ4v) is 2.53. The van der Waals surface area contributed by atoms with Crippen molar-refractivity contribution in [1.29, 1.82) is 0 Å². The number of halogens is 1. The van der Waals surface area contributed by atoms with Crippen LogP contribution in [0.3, 0.4) is 0 Å². The first-order chi connectivity index (χ1) is 13.5. The SMILES string of the molecule is CCOc1cc(C(=O)N/N=C(\C)c2ccccc2F)cc(OCC)c1OCC. The highest BCUT2D eigenvalue weighted by molar-refractivity contribution is 6.01. The van der Waals surface area contributed by atoms with E-state index in [9.17, 15) is 9.18 Å². The number of carbonyl (C=O) groups is 1. The van der Waals surface area contributed by atoms with E-state index in [1.54, 1.807) is 37.3 Å². The average Bonchev–Trinajstić information content (AvgIpc) is 2.68. The van der Waals surface area contributed by atoms with Gasteiger partial charge in [-0.15, -0.1) is 0 Å². The first kappa shape index (κ1) is 21.2. The van der Waals surface area contributed by atoms with Gasteiger partial charge in [-0.1, -0.05) is 18.2 Å². The highest BCUT2D eigenvalue weighted by Gasteiger charge is 2.18. The van der Waals surface area contributed by atoms with E-state index in [-0.39, 0.29) is 0 Å². The molecule has 0 aliphatic carbocycles. The summed E-state index contributed by atoms with van der Waals surface area (Å²) in [6.07, 6.45) is 0. The molecule has 0 aliphatic rings. The summed E-state index contributed by atoms with van der Waals surface area (Å²) in [4.78, 5) is 12.6. The zero-order chi connectivity index (χ0) is 20.5. The number of rotatable bonds is 9. The third kappa shape index (κ3) is 5.22. The molecule has 0 heterocycles. The minimum absolute atomic E-state index is 0.292. The Morgan fingerprint density at radius 3 is 2.11 bits per heavy atom. The van der Waals surface area contributed by atoms with Crippen LogP contribution < -0.4 is 19.6 Å². The maximum Gasteiger partial charge on any atom is 0.271 e. The summed E-state index contributed by atoms with van der Waals surface area (Å²) in [6.45, 7) is 8.39. The molecule has 0 unspecified atom stereocenters. The monoisotopic (exact) mass is 388 g/mol. The van der Waals surface area contributed by atoms with Crippen molar-refractivity contribution < 1.29 is 23.4 Å². The molecular formula is C21H25FN2O4. The van der Waals surface area contributed by atoms with E-state index in [0.29, 0.717) is 53.9 Å². The van der Waals surface area contributed by atoms with Crippen LogP contribution >= 0.6 is 0 Å². The summed E-state index contributed by atoms with van der Waals surface area (Å²) >= 11 is 0. The molecule has 2 aromatic carbocycles. The Morgan fingerprint density at radius 1 is 1.00 bits per heavy atom. The summed E-state index contributed by atoms with van der Waals surface area (Å²) < 4.78 is 30.7. The normalized spacial score (nSPS) is 11.1. The maximum atomic E-state index is 13.8. The summed E-state index contributed by atoms with van der Waals surface area (Å²) in [5.74, 6) is 0.399. The van der Waals surface area contributed by atoms with Gasteiger partial charge in [-0.05, 0) is 45.9 Å². The van der Waals surface area contributed by atoms with Gasteiger partial charge in [0.05, 0.1) is 25.5 Å². The number of carbonyl (C=O) groups excluding carboxylic acids is 1. The van der Waals surface area contributed by atoms with E-state index >= 15 is 0 Å². The van der Waals surface area contributed by atoms with Crippen LogP contribution in [0.1, 0.15) is 43.6 Å². The molecule has 1 N–H and O–H groups in total. The number of hydrogen-bond donors (Lipinski definition) is 1. The molecule has 0 bridgehead atoms. The van der Waals surface area contributed by atoms with Crippen LogP contribution in [-0.2, 0) is 0 Å². The fraction of sp³-hybridized carbons (Fsp3) is 0.333. The van der Waals surface area contributed by atoms with Crippen LogP contribution in [0.5, 0.6) is 17.2 Å². The lowest BCUT2D eigenvalue weighted by atomic mass is 10.1. The third-order valence-electron chi connectivity index (χ3n) is 3.76. The van der Waals surface area contributed by atoms with Gasteiger partial charge < -0.3 is 14.2 Å². The molecule has 1 amide bonds. The summed E-state index contributed by atoms with van der Waals surface area (Å²) in [7, 11) is 0. The molecule has 150 valence electrons. The van der Waals surface area contributed by atoms with Crippen molar-refractivity contribution in [2.75, 3.05) is 19.8 Å². The van der Waals surface area contributed by atoms with Crippen molar-refractivity contribution >= 4 is 11.6 Å². The Balaban J connectivity index is 2.31. The van der Waals surface area contributed by atoms with Gasteiger partial charge in [-0.2, -0.15) is 5.10 Å². The molecule has 0 saturated heterocycles. The largest absolute Gasteiger partial charge is 0.490 e. The van der Waals surface area contributed by atoms with E-state index in [0.717, 1.165) is 0 Å². The van der Waals surface area contributed by atoms with Crippen LogP contribution in [0.2, 0.25) is 0 Å². The molecule has 7 heteroatoms. The van der Waals surface area contributed by atoms with Gasteiger partial charge in [0.2, 0.25) is 5.75 Å². The molecule has 0 aromatic heterocycles. The zero-order valence-corrected chi connectivity index (χ0v) is 16.5. The van der Waals surface area contributed by atoms with Crippen LogP contribution in [0, 0.1) is 5.82 Å². The number of nitrogens with zero attached hydrogens (tertiary/aromatic N) is 1. The number of nitrogens with one attached hydrogen (secondary N) is 1. The quantitative estimate of drug-likeness (QED) is 0.517. The smallest absolute Gasteiger partial charge is 0.271 e. The minimum atomic E-state index is -0.472. The zero-order valence-electron chi connectivity index (χ0n) is 16.5. The lowest BCUT2D eigenvalue weighted by molar-refractivity contribution is 0.0953.